The molecule has 214 valence electrons. The van der Waals surface area contributed by atoms with Crippen LogP contribution in [-0.4, -0.2) is 4.98 Å². The number of aromatic nitrogens is 1. The second kappa shape index (κ2) is 10.9. The minimum absolute atomic E-state index is 0.0129. The third-order valence-corrected chi connectivity index (χ3v) is 9.27. The maximum Gasteiger partial charge on any atom is 0.0715 e. The fourth-order valence-electron chi connectivity index (χ4n) is 6.87. The maximum absolute atomic E-state index is 5.16. The van der Waals surface area contributed by atoms with Crippen LogP contribution in [0.15, 0.2) is 164 Å². The van der Waals surface area contributed by atoms with E-state index in [1.165, 1.54) is 50.1 Å². The van der Waals surface area contributed by atoms with E-state index in [1.54, 1.807) is 0 Å². The molecule has 0 fully saturated rings. The number of rotatable bonds is 5. The van der Waals surface area contributed by atoms with Crippen LogP contribution in [0, 0.1) is 0 Å². The fourth-order valence-corrected chi connectivity index (χ4v) is 6.87. The zero-order chi connectivity index (χ0) is 30.4. The molecule has 45 heavy (non-hydrogen) atoms. The highest BCUT2D eigenvalue weighted by Crippen LogP contribution is 2.49. The molecule has 1 aliphatic rings. The Bertz CT molecular complexity index is 2120. The summed E-state index contributed by atoms with van der Waals surface area (Å²) in [6, 6.07) is 58.9. The first-order valence-corrected chi connectivity index (χ1v) is 15.6. The molecule has 7 aromatic rings. The normalized spacial score (nSPS) is 12.8. The molecule has 0 amide bonds. The van der Waals surface area contributed by atoms with Gasteiger partial charge in [-0.15, -0.1) is 0 Å². The quantitative estimate of drug-likeness (QED) is 0.199. The lowest BCUT2D eigenvalue weighted by molar-refractivity contribution is 0.660. The molecule has 1 aliphatic carbocycles. The van der Waals surface area contributed by atoms with Crippen molar-refractivity contribution in [2.24, 2.45) is 0 Å². The van der Waals surface area contributed by atoms with Crippen LogP contribution in [0.3, 0.4) is 0 Å². The standard InChI is InChI=1S/C44H33N/c1-44(2)40-22-10-9-21-38(40)39-27-35(23-24-41(39)44)33-18-11-17-32(25-33)34-19-12-20-36(26-34)43-29-37(30-13-5-3-6-14-30)28-42(45-43)31-15-7-4-8-16-31/h3-29H,1-2H3. The van der Waals surface area contributed by atoms with Crippen LogP contribution in [0.5, 0.6) is 0 Å². The second-order valence-electron chi connectivity index (χ2n) is 12.5. The van der Waals surface area contributed by atoms with E-state index in [2.05, 4.69) is 172 Å². The highest BCUT2D eigenvalue weighted by molar-refractivity contribution is 5.86. The van der Waals surface area contributed by atoms with Crippen molar-refractivity contribution in [3.8, 4) is 67.0 Å². The Labute approximate surface area is 265 Å². The molecule has 0 bridgehead atoms. The first kappa shape index (κ1) is 27.0. The van der Waals surface area contributed by atoms with Crippen molar-refractivity contribution in [1.29, 1.82) is 0 Å². The second-order valence-corrected chi connectivity index (χ2v) is 12.5. The lowest BCUT2D eigenvalue weighted by atomic mass is 9.82. The van der Waals surface area contributed by atoms with Gasteiger partial charge in [0, 0.05) is 16.5 Å². The summed E-state index contributed by atoms with van der Waals surface area (Å²) < 4.78 is 0. The monoisotopic (exact) mass is 575 g/mol. The molecule has 0 atom stereocenters. The summed E-state index contributed by atoms with van der Waals surface area (Å²) in [6.07, 6.45) is 0. The number of hydrogen-bond donors (Lipinski definition) is 0. The molecular weight excluding hydrogens is 542 g/mol. The van der Waals surface area contributed by atoms with Crippen LogP contribution in [0.4, 0.5) is 0 Å². The maximum atomic E-state index is 5.16. The van der Waals surface area contributed by atoms with Crippen molar-refractivity contribution in [2.45, 2.75) is 19.3 Å². The highest BCUT2D eigenvalue weighted by Gasteiger charge is 2.35. The molecule has 6 aromatic carbocycles. The third-order valence-electron chi connectivity index (χ3n) is 9.27. The SMILES string of the molecule is CC1(C)c2ccccc2-c2cc(-c3cccc(-c4cccc(-c5cc(-c6ccccc6)cc(-c6ccccc6)n5)c4)c3)ccc21. The van der Waals surface area contributed by atoms with E-state index in [0.29, 0.717) is 0 Å². The smallest absolute Gasteiger partial charge is 0.0715 e. The van der Waals surface area contributed by atoms with Crippen LogP contribution in [0.2, 0.25) is 0 Å². The van der Waals surface area contributed by atoms with E-state index in [-0.39, 0.29) is 5.41 Å². The summed E-state index contributed by atoms with van der Waals surface area (Å²) in [5.41, 5.74) is 16.8. The molecule has 0 unspecified atom stereocenters. The molecule has 0 radical (unpaired) electrons. The van der Waals surface area contributed by atoms with Gasteiger partial charge in [-0.3, -0.25) is 0 Å². The van der Waals surface area contributed by atoms with Crippen molar-refractivity contribution < 1.29 is 0 Å². The lowest BCUT2D eigenvalue weighted by Crippen LogP contribution is -2.14. The van der Waals surface area contributed by atoms with Crippen molar-refractivity contribution in [3.05, 3.63) is 175 Å². The van der Waals surface area contributed by atoms with Gasteiger partial charge in [0.25, 0.3) is 0 Å². The van der Waals surface area contributed by atoms with Crippen LogP contribution >= 0.6 is 0 Å². The van der Waals surface area contributed by atoms with E-state index in [4.69, 9.17) is 4.98 Å². The van der Waals surface area contributed by atoms with Crippen molar-refractivity contribution in [2.75, 3.05) is 0 Å². The Morgan fingerprint density at radius 1 is 0.333 bits per heavy atom. The van der Waals surface area contributed by atoms with Gasteiger partial charge in [0.05, 0.1) is 11.4 Å². The molecule has 1 heteroatoms. The van der Waals surface area contributed by atoms with E-state index in [0.717, 1.165) is 28.1 Å². The summed E-state index contributed by atoms with van der Waals surface area (Å²) >= 11 is 0. The van der Waals surface area contributed by atoms with Gasteiger partial charge >= 0.3 is 0 Å². The van der Waals surface area contributed by atoms with Gasteiger partial charge < -0.3 is 0 Å². The largest absolute Gasteiger partial charge is 0.248 e. The zero-order valence-corrected chi connectivity index (χ0v) is 25.5. The van der Waals surface area contributed by atoms with Crippen molar-refractivity contribution in [3.63, 3.8) is 0 Å². The topological polar surface area (TPSA) is 12.9 Å². The predicted octanol–water partition coefficient (Wildman–Crippen LogP) is 11.7. The molecule has 0 N–H and O–H groups in total. The molecule has 0 saturated carbocycles. The van der Waals surface area contributed by atoms with Gasteiger partial charge in [0.2, 0.25) is 0 Å². The van der Waals surface area contributed by atoms with Gasteiger partial charge in [-0.1, -0.05) is 147 Å². The Morgan fingerprint density at radius 2 is 0.822 bits per heavy atom. The van der Waals surface area contributed by atoms with E-state index < -0.39 is 0 Å². The molecule has 0 aliphatic heterocycles. The van der Waals surface area contributed by atoms with E-state index in [1.807, 2.05) is 6.07 Å². The summed E-state index contributed by atoms with van der Waals surface area (Å²) in [4.78, 5) is 5.16. The first-order chi connectivity index (χ1) is 22.0. The van der Waals surface area contributed by atoms with Crippen LogP contribution in [0.25, 0.3) is 67.0 Å². The van der Waals surface area contributed by atoms with E-state index >= 15 is 0 Å². The summed E-state index contributed by atoms with van der Waals surface area (Å²) in [5, 5.41) is 0. The molecule has 1 nitrogen and oxygen atoms in total. The highest BCUT2D eigenvalue weighted by atomic mass is 14.7. The summed E-state index contributed by atoms with van der Waals surface area (Å²) in [7, 11) is 0. The molecule has 1 aromatic heterocycles. The average molecular weight is 576 g/mol. The van der Waals surface area contributed by atoms with Gasteiger partial charge in [-0.2, -0.15) is 0 Å². The Kier molecular flexibility index (Phi) is 6.54. The fraction of sp³-hybridized carbons (Fsp3) is 0.0682. The zero-order valence-electron chi connectivity index (χ0n) is 25.5. The molecular formula is C44H33N. The molecule has 0 spiro atoms. The summed E-state index contributed by atoms with van der Waals surface area (Å²) in [6.45, 7) is 4.66. The van der Waals surface area contributed by atoms with Crippen molar-refractivity contribution >= 4 is 0 Å². The van der Waals surface area contributed by atoms with Crippen molar-refractivity contribution in [1.82, 2.24) is 4.98 Å². The van der Waals surface area contributed by atoms with Crippen LogP contribution < -0.4 is 0 Å². The Morgan fingerprint density at radius 3 is 1.51 bits per heavy atom. The minimum atomic E-state index is 0.0129. The summed E-state index contributed by atoms with van der Waals surface area (Å²) in [5.74, 6) is 0. The molecule has 0 saturated heterocycles. The van der Waals surface area contributed by atoms with Gasteiger partial charge in [0.1, 0.15) is 0 Å². The Balaban J connectivity index is 1.19. The Hall–Kier alpha value is -5.53. The van der Waals surface area contributed by atoms with Crippen LogP contribution in [-0.2, 0) is 5.41 Å². The predicted molar refractivity (Wildman–Crippen MR) is 189 cm³/mol. The van der Waals surface area contributed by atoms with E-state index in [9.17, 15) is 0 Å². The molecule has 8 rings (SSSR count). The third kappa shape index (κ3) is 4.87. The van der Waals surface area contributed by atoms with Gasteiger partial charge in [-0.05, 0) is 86.0 Å². The molecule has 1 heterocycles. The number of hydrogen-bond acceptors (Lipinski definition) is 1. The minimum Gasteiger partial charge on any atom is -0.248 e. The number of benzene rings is 6. The van der Waals surface area contributed by atoms with Crippen LogP contribution in [0.1, 0.15) is 25.0 Å². The lowest BCUT2D eigenvalue weighted by Gasteiger charge is -2.21. The number of nitrogens with zero attached hydrogens (tertiary/aromatic N) is 1. The van der Waals surface area contributed by atoms with Gasteiger partial charge in [-0.25, -0.2) is 4.98 Å². The van der Waals surface area contributed by atoms with Gasteiger partial charge in [0.15, 0.2) is 0 Å². The number of pyridine rings is 1. The number of fused-ring (bicyclic) bond motifs is 3. The first-order valence-electron chi connectivity index (χ1n) is 15.6. The average Bonchev–Trinajstić information content (AvgIpc) is 3.34.